The average Bonchev–Trinajstić information content (AvgIpc) is 3.12. The Hall–Kier alpha value is -3.15. The second-order valence-corrected chi connectivity index (χ2v) is 8.41. The molecular formula is C27H29NO4. The van der Waals surface area contributed by atoms with Crippen LogP contribution < -0.4 is 5.32 Å². The van der Waals surface area contributed by atoms with Gasteiger partial charge in [-0.25, -0.2) is 4.79 Å². The molecule has 32 heavy (non-hydrogen) atoms. The van der Waals surface area contributed by atoms with Gasteiger partial charge in [-0.2, -0.15) is 0 Å². The van der Waals surface area contributed by atoms with E-state index in [1.54, 1.807) is 0 Å². The predicted molar refractivity (Wildman–Crippen MR) is 125 cm³/mol. The molecule has 1 aliphatic carbocycles. The zero-order valence-electron chi connectivity index (χ0n) is 18.4. The number of carbonyl (C=O) groups excluding carboxylic acids is 1. The fraction of sp³-hybridized carbons (Fsp3) is 0.296. The maximum Gasteiger partial charge on any atom is 0.407 e. The number of aliphatic hydroxyl groups is 2. The van der Waals surface area contributed by atoms with Gasteiger partial charge >= 0.3 is 6.09 Å². The number of amides is 1. The highest BCUT2D eigenvalue weighted by Gasteiger charge is 2.29. The van der Waals surface area contributed by atoms with Gasteiger partial charge in [-0.1, -0.05) is 72.3 Å². The van der Waals surface area contributed by atoms with E-state index in [1.807, 2.05) is 56.3 Å². The van der Waals surface area contributed by atoms with Gasteiger partial charge in [0, 0.05) is 12.5 Å². The molecule has 0 fully saturated rings. The molecule has 0 saturated heterocycles. The first-order chi connectivity index (χ1) is 15.5. The number of hydrogen-bond donors (Lipinski definition) is 3. The van der Waals surface area contributed by atoms with Gasteiger partial charge in [0.05, 0.1) is 6.10 Å². The topological polar surface area (TPSA) is 78.8 Å². The van der Waals surface area contributed by atoms with Crippen LogP contribution in [0.5, 0.6) is 0 Å². The summed E-state index contributed by atoms with van der Waals surface area (Å²) in [7, 11) is 0. The zero-order chi connectivity index (χ0) is 22.7. The van der Waals surface area contributed by atoms with Crippen LogP contribution in [-0.4, -0.2) is 35.6 Å². The quantitative estimate of drug-likeness (QED) is 0.510. The minimum absolute atomic E-state index is 0.00450. The van der Waals surface area contributed by atoms with E-state index < -0.39 is 18.3 Å². The minimum atomic E-state index is -1.00. The van der Waals surface area contributed by atoms with Crippen molar-refractivity contribution in [2.75, 3.05) is 13.2 Å². The van der Waals surface area contributed by atoms with Gasteiger partial charge in [0.2, 0.25) is 0 Å². The summed E-state index contributed by atoms with van der Waals surface area (Å²) in [6, 6.07) is 22.1. The van der Waals surface area contributed by atoms with Crippen molar-refractivity contribution in [3.8, 4) is 11.1 Å². The molecule has 2 unspecified atom stereocenters. The molecule has 2 atom stereocenters. The van der Waals surface area contributed by atoms with E-state index in [1.165, 1.54) is 11.1 Å². The lowest BCUT2D eigenvalue weighted by Crippen LogP contribution is -2.30. The zero-order valence-corrected chi connectivity index (χ0v) is 18.4. The van der Waals surface area contributed by atoms with Gasteiger partial charge in [0.15, 0.2) is 0 Å². The maximum atomic E-state index is 12.3. The Morgan fingerprint density at radius 2 is 1.59 bits per heavy atom. The first-order valence-corrected chi connectivity index (χ1v) is 11.0. The third-order valence-electron chi connectivity index (χ3n) is 6.17. The molecule has 0 bridgehead atoms. The summed E-state index contributed by atoms with van der Waals surface area (Å²) in [6.07, 6.45) is -2.29. The monoisotopic (exact) mass is 431 g/mol. The van der Waals surface area contributed by atoms with Crippen molar-refractivity contribution in [1.29, 1.82) is 0 Å². The Morgan fingerprint density at radius 3 is 2.25 bits per heavy atom. The van der Waals surface area contributed by atoms with E-state index in [0.29, 0.717) is 5.56 Å². The van der Waals surface area contributed by atoms with E-state index in [2.05, 4.69) is 29.6 Å². The van der Waals surface area contributed by atoms with Crippen molar-refractivity contribution >= 4 is 6.09 Å². The first kappa shape index (κ1) is 22.1. The van der Waals surface area contributed by atoms with E-state index in [-0.39, 0.29) is 25.5 Å². The van der Waals surface area contributed by atoms with Crippen molar-refractivity contribution in [3.05, 3.63) is 94.5 Å². The Kier molecular flexibility index (Phi) is 6.58. The maximum absolute atomic E-state index is 12.3. The molecule has 5 heteroatoms. The molecule has 3 N–H and O–H groups in total. The summed E-state index contributed by atoms with van der Waals surface area (Å²) in [5, 5.41) is 23.6. The molecule has 166 valence electrons. The number of hydrogen-bond acceptors (Lipinski definition) is 4. The minimum Gasteiger partial charge on any atom is -0.449 e. The van der Waals surface area contributed by atoms with Crippen molar-refractivity contribution in [1.82, 2.24) is 5.32 Å². The van der Waals surface area contributed by atoms with Crippen LogP contribution in [0.1, 0.15) is 46.3 Å². The summed E-state index contributed by atoms with van der Waals surface area (Å²) in [4.78, 5) is 12.3. The third-order valence-corrected chi connectivity index (χ3v) is 6.17. The number of benzene rings is 3. The van der Waals surface area contributed by atoms with Crippen molar-refractivity contribution in [2.45, 2.75) is 38.4 Å². The molecule has 3 aromatic carbocycles. The molecular weight excluding hydrogens is 402 g/mol. The number of aryl methyl sites for hydroxylation is 2. The summed E-state index contributed by atoms with van der Waals surface area (Å²) >= 11 is 0. The number of nitrogens with one attached hydrogen (secondary N) is 1. The number of carbonyl (C=O) groups is 1. The van der Waals surface area contributed by atoms with E-state index in [4.69, 9.17) is 4.74 Å². The van der Waals surface area contributed by atoms with Crippen molar-refractivity contribution < 1.29 is 19.7 Å². The van der Waals surface area contributed by atoms with Crippen LogP contribution in [-0.2, 0) is 4.74 Å². The molecule has 1 amide bonds. The van der Waals surface area contributed by atoms with Gasteiger partial charge in [-0.05, 0) is 53.6 Å². The smallest absolute Gasteiger partial charge is 0.407 e. The Labute approximate surface area is 188 Å². The van der Waals surface area contributed by atoms with Crippen LogP contribution >= 0.6 is 0 Å². The van der Waals surface area contributed by atoms with Crippen LogP contribution in [0.3, 0.4) is 0 Å². The van der Waals surface area contributed by atoms with Gasteiger partial charge in [-0.15, -0.1) is 0 Å². The second-order valence-electron chi connectivity index (χ2n) is 8.41. The lowest BCUT2D eigenvalue weighted by molar-refractivity contribution is 0.0133. The lowest BCUT2D eigenvalue weighted by Gasteiger charge is -2.20. The van der Waals surface area contributed by atoms with E-state index in [0.717, 1.165) is 22.3 Å². The fourth-order valence-corrected chi connectivity index (χ4v) is 4.42. The molecule has 1 aliphatic rings. The molecule has 0 aromatic heterocycles. The molecule has 0 heterocycles. The molecule has 5 nitrogen and oxygen atoms in total. The summed E-state index contributed by atoms with van der Waals surface area (Å²) < 4.78 is 5.51. The summed E-state index contributed by atoms with van der Waals surface area (Å²) in [5.74, 6) is 0.00450. The number of aliphatic hydroxyl groups excluding tert-OH is 2. The Balaban J connectivity index is 1.29. The molecule has 0 spiro atoms. The summed E-state index contributed by atoms with van der Waals surface area (Å²) in [5.41, 5.74) is 7.34. The van der Waals surface area contributed by atoms with Crippen LogP contribution in [0.4, 0.5) is 4.79 Å². The van der Waals surface area contributed by atoms with Gasteiger partial charge in [0.1, 0.15) is 12.7 Å². The molecule has 0 saturated carbocycles. The van der Waals surface area contributed by atoms with Crippen molar-refractivity contribution in [2.24, 2.45) is 0 Å². The van der Waals surface area contributed by atoms with Crippen LogP contribution in [0.15, 0.2) is 66.7 Å². The Bertz CT molecular complexity index is 1060. The molecule has 3 aromatic rings. The standard InChI is InChI=1S/C27H29NO4/c1-17-11-12-18(2)23(15-17)26(30)25(29)13-14-28-27(31)32-16-24-21-9-5-3-7-19(21)20-8-4-6-10-22(20)24/h3-12,15,24-26,29-30H,13-14,16H2,1-2H3,(H,28,31). The normalized spacial score (nSPS) is 14.4. The molecule has 0 radical (unpaired) electrons. The van der Waals surface area contributed by atoms with E-state index >= 15 is 0 Å². The lowest BCUT2D eigenvalue weighted by atomic mass is 9.96. The highest BCUT2D eigenvalue weighted by atomic mass is 16.5. The second kappa shape index (κ2) is 9.55. The molecule has 4 rings (SSSR count). The average molecular weight is 432 g/mol. The highest BCUT2D eigenvalue weighted by molar-refractivity contribution is 5.79. The first-order valence-electron chi connectivity index (χ1n) is 11.0. The van der Waals surface area contributed by atoms with Crippen LogP contribution in [0.2, 0.25) is 0 Å². The highest BCUT2D eigenvalue weighted by Crippen LogP contribution is 2.44. The van der Waals surface area contributed by atoms with Gasteiger partial charge in [0.25, 0.3) is 0 Å². The van der Waals surface area contributed by atoms with Gasteiger partial charge < -0.3 is 20.3 Å². The third kappa shape index (κ3) is 4.54. The Morgan fingerprint density at radius 1 is 0.969 bits per heavy atom. The van der Waals surface area contributed by atoms with Gasteiger partial charge in [-0.3, -0.25) is 0 Å². The van der Waals surface area contributed by atoms with Crippen LogP contribution in [0, 0.1) is 13.8 Å². The van der Waals surface area contributed by atoms with Crippen molar-refractivity contribution in [3.63, 3.8) is 0 Å². The largest absolute Gasteiger partial charge is 0.449 e. The number of rotatable bonds is 7. The van der Waals surface area contributed by atoms with Crippen LogP contribution in [0.25, 0.3) is 11.1 Å². The number of ether oxygens (including phenoxy) is 1. The fourth-order valence-electron chi connectivity index (χ4n) is 4.42. The number of alkyl carbamates (subject to hydrolysis) is 1. The van der Waals surface area contributed by atoms with E-state index in [9.17, 15) is 15.0 Å². The number of fused-ring (bicyclic) bond motifs is 3. The predicted octanol–water partition coefficient (Wildman–Crippen LogP) is 4.63. The SMILES string of the molecule is Cc1ccc(C)c(C(O)C(O)CCNC(=O)OCC2c3ccccc3-c3ccccc32)c1. The summed E-state index contributed by atoms with van der Waals surface area (Å²) in [6.45, 7) is 4.30. The molecule has 0 aliphatic heterocycles.